The second-order valence-corrected chi connectivity index (χ2v) is 6.56. The van der Waals surface area contributed by atoms with E-state index in [2.05, 4.69) is 25.2 Å². The van der Waals surface area contributed by atoms with E-state index in [1.54, 1.807) is 25.6 Å². The fraction of sp³-hybridized carbons (Fsp3) is 0.238. The molecule has 3 aromatic rings. The minimum absolute atomic E-state index is 0.101. The predicted molar refractivity (Wildman–Crippen MR) is 111 cm³/mol. The van der Waals surface area contributed by atoms with E-state index in [1.165, 1.54) is 0 Å². The first-order valence-corrected chi connectivity index (χ1v) is 9.43. The van der Waals surface area contributed by atoms with Gasteiger partial charge >= 0.3 is 0 Å². The predicted octanol–water partition coefficient (Wildman–Crippen LogP) is 2.59. The molecular formula is C21H22N6O2. The Morgan fingerprint density at radius 3 is 2.52 bits per heavy atom. The molecule has 29 heavy (non-hydrogen) atoms. The van der Waals surface area contributed by atoms with Gasteiger partial charge in [0.15, 0.2) is 0 Å². The van der Waals surface area contributed by atoms with Crippen LogP contribution in [0.5, 0.6) is 5.75 Å². The number of hydrogen-bond donors (Lipinski definition) is 1. The lowest BCUT2D eigenvalue weighted by molar-refractivity contribution is 0.0740. The summed E-state index contributed by atoms with van der Waals surface area (Å²) in [6.45, 7) is 2.71. The molecule has 1 aliphatic heterocycles. The quantitative estimate of drug-likeness (QED) is 0.717. The van der Waals surface area contributed by atoms with Crippen molar-refractivity contribution in [2.24, 2.45) is 0 Å². The van der Waals surface area contributed by atoms with Crippen molar-refractivity contribution in [1.82, 2.24) is 19.9 Å². The molecule has 0 unspecified atom stereocenters. The van der Waals surface area contributed by atoms with Gasteiger partial charge in [0.05, 0.1) is 12.8 Å². The lowest BCUT2D eigenvalue weighted by Crippen LogP contribution is -2.49. The van der Waals surface area contributed by atoms with Crippen LogP contribution in [0.3, 0.4) is 0 Å². The van der Waals surface area contributed by atoms with Crippen molar-refractivity contribution in [3.8, 4) is 5.75 Å². The van der Waals surface area contributed by atoms with Gasteiger partial charge in [0.2, 0.25) is 5.95 Å². The number of carbonyl (C=O) groups is 1. The lowest BCUT2D eigenvalue weighted by atomic mass is 10.2. The van der Waals surface area contributed by atoms with Gasteiger partial charge < -0.3 is 19.9 Å². The molecule has 0 atom stereocenters. The van der Waals surface area contributed by atoms with Gasteiger partial charge in [-0.1, -0.05) is 18.2 Å². The molecule has 1 N–H and O–H groups in total. The van der Waals surface area contributed by atoms with Crippen LogP contribution in [0.2, 0.25) is 0 Å². The molecule has 0 bridgehead atoms. The number of nitrogens with zero attached hydrogens (tertiary/aromatic N) is 5. The molecule has 0 saturated carbocycles. The number of carbonyl (C=O) groups excluding carboxylic acids is 1. The first-order valence-electron chi connectivity index (χ1n) is 9.43. The fourth-order valence-corrected chi connectivity index (χ4v) is 3.25. The second-order valence-electron chi connectivity index (χ2n) is 6.56. The van der Waals surface area contributed by atoms with Crippen LogP contribution in [-0.2, 0) is 0 Å². The van der Waals surface area contributed by atoms with E-state index in [0.29, 0.717) is 30.5 Å². The first kappa shape index (κ1) is 18.7. The summed E-state index contributed by atoms with van der Waals surface area (Å²) in [5, 5.41) is 3.12. The zero-order valence-electron chi connectivity index (χ0n) is 16.2. The summed E-state index contributed by atoms with van der Waals surface area (Å²) in [4.78, 5) is 29.9. The van der Waals surface area contributed by atoms with Gasteiger partial charge in [-0.15, -0.1) is 0 Å². The number of amides is 1. The number of benzene rings is 1. The highest BCUT2D eigenvalue weighted by atomic mass is 16.5. The Morgan fingerprint density at radius 2 is 1.76 bits per heavy atom. The molecule has 1 aliphatic rings. The molecule has 2 aromatic heterocycles. The third kappa shape index (κ3) is 4.26. The van der Waals surface area contributed by atoms with Crippen molar-refractivity contribution >= 4 is 23.4 Å². The third-order valence-electron chi connectivity index (χ3n) is 4.77. The average Bonchev–Trinajstić information content (AvgIpc) is 2.80. The minimum Gasteiger partial charge on any atom is -0.495 e. The Labute approximate surface area is 169 Å². The molecule has 3 heterocycles. The molecule has 148 valence electrons. The van der Waals surface area contributed by atoms with Crippen LogP contribution < -0.4 is 15.0 Å². The topological polar surface area (TPSA) is 83.5 Å². The summed E-state index contributed by atoms with van der Waals surface area (Å²) >= 11 is 0. The number of rotatable bonds is 5. The van der Waals surface area contributed by atoms with Crippen molar-refractivity contribution < 1.29 is 9.53 Å². The van der Waals surface area contributed by atoms with Crippen LogP contribution in [0.4, 0.5) is 17.5 Å². The molecule has 4 rings (SSSR count). The number of aromatic nitrogens is 3. The van der Waals surface area contributed by atoms with Crippen molar-refractivity contribution in [2.45, 2.75) is 0 Å². The van der Waals surface area contributed by atoms with E-state index in [-0.39, 0.29) is 5.91 Å². The molecule has 1 amide bonds. The molecule has 0 radical (unpaired) electrons. The fourth-order valence-electron chi connectivity index (χ4n) is 3.25. The Hall–Kier alpha value is -3.68. The monoisotopic (exact) mass is 390 g/mol. The summed E-state index contributed by atoms with van der Waals surface area (Å²) in [5.74, 6) is 1.87. The average molecular weight is 390 g/mol. The van der Waals surface area contributed by atoms with Crippen LogP contribution in [0.25, 0.3) is 0 Å². The van der Waals surface area contributed by atoms with Gasteiger partial charge in [0, 0.05) is 38.6 Å². The number of para-hydroxylation sites is 2. The number of piperazine rings is 1. The van der Waals surface area contributed by atoms with Gasteiger partial charge in [0.1, 0.15) is 17.3 Å². The molecule has 0 aliphatic carbocycles. The van der Waals surface area contributed by atoms with Gasteiger partial charge in [-0.25, -0.2) is 15.0 Å². The van der Waals surface area contributed by atoms with E-state index in [0.717, 1.165) is 24.6 Å². The number of nitrogens with one attached hydrogen (secondary N) is 1. The number of pyridine rings is 1. The zero-order chi connectivity index (χ0) is 20.1. The van der Waals surface area contributed by atoms with Crippen molar-refractivity contribution in [2.75, 3.05) is 43.5 Å². The van der Waals surface area contributed by atoms with Crippen LogP contribution in [0, 0.1) is 0 Å². The second kappa shape index (κ2) is 8.55. The Kier molecular flexibility index (Phi) is 5.51. The Balaban J connectivity index is 1.43. The molecule has 1 saturated heterocycles. The number of hydrogen-bond acceptors (Lipinski definition) is 7. The summed E-state index contributed by atoms with van der Waals surface area (Å²) in [7, 11) is 1.60. The Morgan fingerprint density at radius 1 is 0.966 bits per heavy atom. The first-order chi connectivity index (χ1) is 14.2. The molecule has 8 nitrogen and oxygen atoms in total. The summed E-state index contributed by atoms with van der Waals surface area (Å²) in [6, 6.07) is 15.0. The molecule has 0 spiro atoms. The van der Waals surface area contributed by atoms with Crippen molar-refractivity contribution in [3.05, 3.63) is 66.6 Å². The maximum atomic E-state index is 12.9. The third-order valence-corrected chi connectivity index (χ3v) is 4.77. The van der Waals surface area contributed by atoms with Gasteiger partial charge in [0.25, 0.3) is 5.91 Å². The lowest BCUT2D eigenvalue weighted by Gasteiger charge is -2.35. The van der Waals surface area contributed by atoms with E-state index >= 15 is 0 Å². The number of anilines is 3. The van der Waals surface area contributed by atoms with Crippen molar-refractivity contribution in [3.63, 3.8) is 0 Å². The highest BCUT2D eigenvalue weighted by molar-refractivity contribution is 5.92. The van der Waals surface area contributed by atoms with Crippen LogP contribution in [0.15, 0.2) is 60.9 Å². The molecule has 8 heteroatoms. The highest BCUT2D eigenvalue weighted by Crippen LogP contribution is 2.25. The van der Waals surface area contributed by atoms with Crippen LogP contribution in [-0.4, -0.2) is 59.0 Å². The van der Waals surface area contributed by atoms with Gasteiger partial charge in [-0.3, -0.25) is 4.79 Å². The van der Waals surface area contributed by atoms with Crippen LogP contribution >= 0.6 is 0 Å². The summed E-state index contributed by atoms with van der Waals surface area (Å²) in [6.07, 6.45) is 3.37. The summed E-state index contributed by atoms with van der Waals surface area (Å²) in [5.41, 5.74) is 1.10. The number of ether oxygens (including phenoxy) is 1. The SMILES string of the molecule is COc1ccccc1Nc1nccc(C(=O)N2CCN(c3ccccn3)CC2)n1. The largest absolute Gasteiger partial charge is 0.495 e. The van der Waals surface area contributed by atoms with E-state index < -0.39 is 0 Å². The van der Waals surface area contributed by atoms with E-state index in [4.69, 9.17) is 4.74 Å². The van der Waals surface area contributed by atoms with Gasteiger partial charge in [-0.2, -0.15) is 0 Å². The normalized spacial score (nSPS) is 13.8. The van der Waals surface area contributed by atoms with E-state index in [1.807, 2.05) is 47.4 Å². The zero-order valence-corrected chi connectivity index (χ0v) is 16.2. The standard InChI is InChI=1S/C21H22N6O2/c1-29-18-7-3-2-6-16(18)24-21-23-11-9-17(25-21)20(28)27-14-12-26(13-15-27)19-8-4-5-10-22-19/h2-11H,12-15H2,1H3,(H,23,24,25). The molecule has 1 fully saturated rings. The maximum Gasteiger partial charge on any atom is 0.272 e. The van der Waals surface area contributed by atoms with Crippen molar-refractivity contribution in [1.29, 1.82) is 0 Å². The van der Waals surface area contributed by atoms with Crippen LogP contribution in [0.1, 0.15) is 10.5 Å². The maximum absolute atomic E-state index is 12.9. The van der Waals surface area contributed by atoms with Gasteiger partial charge in [-0.05, 0) is 30.3 Å². The summed E-state index contributed by atoms with van der Waals surface area (Å²) < 4.78 is 5.33. The molecule has 1 aromatic carbocycles. The van der Waals surface area contributed by atoms with E-state index in [9.17, 15) is 4.79 Å². The number of methoxy groups -OCH3 is 1. The molecular weight excluding hydrogens is 368 g/mol. The highest BCUT2D eigenvalue weighted by Gasteiger charge is 2.24. The Bertz CT molecular complexity index is 974. The smallest absolute Gasteiger partial charge is 0.272 e. The minimum atomic E-state index is -0.101.